The summed E-state index contributed by atoms with van der Waals surface area (Å²) in [5.74, 6) is -3.77. The minimum atomic E-state index is -1.22. The predicted octanol–water partition coefficient (Wildman–Crippen LogP) is 2.18. The van der Waals surface area contributed by atoms with Crippen LogP contribution in [-0.4, -0.2) is 85.6 Å². The number of carbonyl (C=O) groups excluding carboxylic acids is 2. The topological polar surface area (TPSA) is 107 Å². The van der Waals surface area contributed by atoms with Crippen molar-refractivity contribution in [3.05, 3.63) is 12.7 Å². The van der Waals surface area contributed by atoms with Gasteiger partial charge >= 0.3 is 5.97 Å². The van der Waals surface area contributed by atoms with Crippen LogP contribution in [0.3, 0.4) is 0 Å². The summed E-state index contributed by atoms with van der Waals surface area (Å²) in [5, 5.41) is 20.2. The van der Waals surface area contributed by atoms with E-state index in [1.807, 2.05) is 18.7 Å². The maximum Gasteiger partial charge on any atom is 0.310 e. The van der Waals surface area contributed by atoms with Crippen molar-refractivity contribution >= 4 is 33.7 Å². The van der Waals surface area contributed by atoms with Crippen molar-refractivity contribution in [2.75, 3.05) is 13.2 Å². The van der Waals surface area contributed by atoms with Crippen molar-refractivity contribution < 1.29 is 29.3 Å². The molecule has 1 unspecified atom stereocenters. The summed E-state index contributed by atoms with van der Waals surface area (Å²) in [6.07, 6.45) is 6.44. The second kappa shape index (κ2) is 9.30. The molecule has 4 fully saturated rings. The number of alkyl halides is 1. The number of likely N-dealkylation sites (tertiary alicyclic amines) is 1. The molecule has 1 spiro atoms. The monoisotopic (exact) mass is 526 g/mol. The lowest BCUT2D eigenvalue weighted by Gasteiger charge is -2.43. The van der Waals surface area contributed by atoms with E-state index < -0.39 is 47.5 Å². The number of nitrogens with zero attached hydrogens (tertiary/aromatic N) is 2. The summed E-state index contributed by atoms with van der Waals surface area (Å²) in [5.41, 5.74) is -1.22. The molecule has 9 heteroatoms. The van der Waals surface area contributed by atoms with Gasteiger partial charge in [-0.2, -0.15) is 0 Å². The Labute approximate surface area is 203 Å². The second-order valence-corrected chi connectivity index (χ2v) is 11.5. The van der Waals surface area contributed by atoms with E-state index in [9.17, 15) is 24.6 Å². The Kier molecular flexibility index (Phi) is 6.95. The fourth-order valence-electron chi connectivity index (χ4n) is 6.71. The molecule has 0 aromatic heterocycles. The maximum absolute atomic E-state index is 14.3. The van der Waals surface area contributed by atoms with Crippen LogP contribution in [0.25, 0.3) is 0 Å². The molecule has 8 nitrogen and oxygen atoms in total. The van der Waals surface area contributed by atoms with E-state index in [0.717, 1.165) is 32.1 Å². The molecular formula is C24H35BrN2O6. The van der Waals surface area contributed by atoms with Crippen LogP contribution >= 0.6 is 15.9 Å². The van der Waals surface area contributed by atoms with Gasteiger partial charge in [0.2, 0.25) is 11.8 Å². The standard InChI is InChI=1S/C24H35BrN2O6/c1-4-10-26(14-8-6-5-7-9-14)22(30)20-24-11-15(25)19(33-24)17(23(31)32)18(24)21(29)27(20)16(12-28)13(2)3/h4,13-20,28H,1,5-12H2,2-3H3,(H,31,32)/t15?,16-,17-,18+,19-,20-,24+/m0/s1. The summed E-state index contributed by atoms with van der Waals surface area (Å²) in [6, 6.07) is -1.52. The van der Waals surface area contributed by atoms with Crippen molar-refractivity contribution in [1.29, 1.82) is 0 Å². The van der Waals surface area contributed by atoms with E-state index in [0.29, 0.717) is 13.0 Å². The average molecular weight is 527 g/mol. The smallest absolute Gasteiger partial charge is 0.310 e. The van der Waals surface area contributed by atoms with E-state index in [2.05, 4.69) is 22.5 Å². The average Bonchev–Trinajstić information content (AvgIpc) is 3.36. The van der Waals surface area contributed by atoms with Crippen LogP contribution in [0, 0.1) is 17.8 Å². The molecule has 3 heterocycles. The van der Waals surface area contributed by atoms with Gasteiger partial charge in [-0.1, -0.05) is 55.1 Å². The predicted molar refractivity (Wildman–Crippen MR) is 125 cm³/mol. The molecule has 0 aromatic rings. The van der Waals surface area contributed by atoms with Crippen molar-refractivity contribution in [3.8, 4) is 0 Å². The lowest BCUT2D eigenvalue weighted by atomic mass is 9.70. The van der Waals surface area contributed by atoms with Crippen molar-refractivity contribution in [1.82, 2.24) is 9.80 Å². The Hall–Kier alpha value is -1.45. The number of rotatable bonds is 8. The number of carboxylic acids is 1. The quantitative estimate of drug-likeness (QED) is 0.370. The van der Waals surface area contributed by atoms with Crippen molar-refractivity contribution in [3.63, 3.8) is 0 Å². The zero-order valence-corrected chi connectivity index (χ0v) is 20.9. The van der Waals surface area contributed by atoms with Gasteiger partial charge in [0.05, 0.1) is 30.6 Å². The van der Waals surface area contributed by atoms with Gasteiger partial charge in [0.15, 0.2) is 0 Å². The maximum atomic E-state index is 14.3. The number of amides is 2. The van der Waals surface area contributed by atoms with Crippen LogP contribution in [0.2, 0.25) is 0 Å². The minimum Gasteiger partial charge on any atom is -0.481 e. The van der Waals surface area contributed by atoms with Crippen molar-refractivity contribution in [2.24, 2.45) is 17.8 Å². The highest BCUT2D eigenvalue weighted by Gasteiger charge is 2.77. The summed E-state index contributed by atoms with van der Waals surface area (Å²) in [6.45, 7) is 7.69. The number of aliphatic hydroxyl groups is 1. The largest absolute Gasteiger partial charge is 0.481 e. The first-order chi connectivity index (χ1) is 15.7. The Balaban J connectivity index is 1.81. The van der Waals surface area contributed by atoms with Crippen molar-refractivity contribution in [2.45, 2.75) is 87.0 Å². The molecule has 4 rings (SSSR count). The summed E-state index contributed by atoms with van der Waals surface area (Å²) in [4.78, 5) is 43.4. The Bertz CT molecular complexity index is 815. The molecule has 2 N–H and O–H groups in total. The van der Waals surface area contributed by atoms with Gasteiger partial charge in [0.1, 0.15) is 11.6 Å². The molecule has 1 saturated carbocycles. The summed E-state index contributed by atoms with van der Waals surface area (Å²) in [7, 11) is 0. The number of fused-ring (bicyclic) bond motifs is 1. The van der Waals surface area contributed by atoms with E-state index in [1.54, 1.807) is 6.08 Å². The Morgan fingerprint density at radius 1 is 1.33 bits per heavy atom. The molecule has 2 amide bonds. The summed E-state index contributed by atoms with van der Waals surface area (Å²) < 4.78 is 6.35. The number of carbonyl (C=O) groups is 3. The highest BCUT2D eigenvalue weighted by Crippen LogP contribution is 2.60. The van der Waals surface area contributed by atoms with Gasteiger partial charge in [-0.25, -0.2) is 0 Å². The van der Waals surface area contributed by atoms with E-state index >= 15 is 0 Å². The lowest BCUT2D eigenvalue weighted by Crippen LogP contribution is -2.61. The molecule has 3 saturated heterocycles. The third-order valence-corrected chi connectivity index (χ3v) is 9.03. The van der Waals surface area contributed by atoms with Gasteiger partial charge in [0.25, 0.3) is 0 Å². The van der Waals surface area contributed by atoms with Crippen LogP contribution in [0.15, 0.2) is 12.7 Å². The minimum absolute atomic E-state index is 0.0527. The molecule has 4 aliphatic rings. The lowest BCUT2D eigenvalue weighted by molar-refractivity contribution is -0.155. The SMILES string of the molecule is C=CCN(C(=O)[C@@H]1N([C@@H](CO)C(C)C)C(=O)[C@H]2[C@H](C(=O)O)[C@H]3O[C@@]12CC3Br)C1CCCCC1. The molecule has 2 bridgehead atoms. The van der Waals surface area contributed by atoms with Crippen LogP contribution in [0.5, 0.6) is 0 Å². The summed E-state index contributed by atoms with van der Waals surface area (Å²) >= 11 is 3.57. The molecule has 33 heavy (non-hydrogen) atoms. The van der Waals surface area contributed by atoms with Crippen LogP contribution in [0.4, 0.5) is 0 Å². The molecular weight excluding hydrogens is 492 g/mol. The Morgan fingerprint density at radius 2 is 2.00 bits per heavy atom. The normalized spacial score (nSPS) is 36.8. The van der Waals surface area contributed by atoms with Crippen LogP contribution in [0.1, 0.15) is 52.4 Å². The van der Waals surface area contributed by atoms with E-state index in [-0.39, 0.29) is 29.3 Å². The van der Waals surface area contributed by atoms with Gasteiger partial charge < -0.3 is 24.7 Å². The first-order valence-corrected chi connectivity index (χ1v) is 13.0. The zero-order chi connectivity index (χ0) is 24.1. The number of aliphatic carboxylic acids is 1. The second-order valence-electron chi connectivity index (χ2n) is 10.3. The van der Waals surface area contributed by atoms with E-state index in [1.165, 1.54) is 4.90 Å². The zero-order valence-electron chi connectivity index (χ0n) is 19.4. The third-order valence-electron chi connectivity index (χ3n) is 8.18. The fourth-order valence-corrected chi connectivity index (χ4v) is 7.66. The van der Waals surface area contributed by atoms with Crippen LogP contribution < -0.4 is 0 Å². The number of hydrogen-bond acceptors (Lipinski definition) is 5. The molecule has 7 atom stereocenters. The molecule has 3 aliphatic heterocycles. The number of halogens is 1. The van der Waals surface area contributed by atoms with E-state index in [4.69, 9.17) is 4.74 Å². The molecule has 184 valence electrons. The molecule has 1 aliphatic carbocycles. The molecule has 0 radical (unpaired) electrons. The number of ether oxygens (including phenoxy) is 1. The highest BCUT2D eigenvalue weighted by molar-refractivity contribution is 9.09. The van der Waals surface area contributed by atoms with Crippen LogP contribution in [-0.2, 0) is 19.1 Å². The number of hydrogen-bond donors (Lipinski definition) is 2. The highest BCUT2D eigenvalue weighted by atomic mass is 79.9. The van der Waals surface area contributed by atoms with Gasteiger partial charge in [-0.15, -0.1) is 6.58 Å². The first kappa shape index (κ1) is 24.7. The third kappa shape index (κ3) is 3.74. The number of carboxylic acid groups (broad SMARTS) is 1. The van der Waals surface area contributed by atoms with Gasteiger partial charge in [-0.05, 0) is 25.2 Å². The van der Waals surface area contributed by atoms with Gasteiger partial charge in [0, 0.05) is 17.4 Å². The fraction of sp³-hybridized carbons (Fsp3) is 0.792. The number of aliphatic hydroxyl groups excluding tert-OH is 1. The Morgan fingerprint density at radius 3 is 2.55 bits per heavy atom. The van der Waals surface area contributed by atoms with Gasteiger partial charge in [-0.3, -0.25) is 14.4 Å². The molecule has 0 aromatic carbocycles. The first-order valence-electron chi connectivity index (χ1n) is 12.1.